The molecule has 136 valence electrons. The Balaban J connectivity index is 1.71. The molecule has 0 radical (unpaired) electrons. The maximum Gasteiger partial charge on any atom is 0.395 e. The molecule has 2 N–H and O–H groups in total. The molecule has 25 heavy (non-hydrogen) atoms. The van der Waals surface area contributed by atoms with Crippen molar-refractivity contribution in [3.63, 3.8) is 0 Å². The SMILES string of the molecule is CC(F)(F)c1cncc(CNC2Cc3[nH]ncc3C(C(F)(F)F)C2)c1. The van der Waals surface area contributed by atoms with Crippen molar-refractivity contribution in [2.45, 2.75) is 50.4 Å². The fourth-order valence-corrected chi connectivity index (χ4v) is 3.08. The molecule has 2 atom stereocenters. The summed E-state index contributed by atoms with van der Waals surface area (Å²) in [7, 11) is 0. The highest BCUT2D eigenvalue weighted by atomic mass is 19.4. The number of nitrogens with zero attached hydrogens (tertiary/aromatic N) is 2. The second-order valence-electron chi connectivity index (χ2n) is 6.39. The lowest BCUT2D eigenvalue weighted by molar-refractivity contribution is -0.154. The Bertz CT molecular complexity index is 735. The van der Waals surface area contributed by atoms with Crippen molar-refractivity contribution in [3.05, 3.63) is 47.0 Å². The molecule has 2 aromatic rings. The third-order valence-corrected chi connectivity index (χ3v) is 4.39. The van der Waals surface area contributed by atoms with Crippen LogP contribution in [0.1, 0.15) is 41.6 Å². The topological polar surface area (TPSA) is 53.6 Å². The number of hydrogen-bond donors (Lipinski definition) is 2. The minimum absolute atomic E-state index is 0.118. The third kappa shape index (κ3) is 3.97. The van der Waals surface area contributed by atoms with Crippen molar-refractivity contribution in [2.24, 2.45) is 0 Å². The fourth-order valence-electron chi connectivity index (χ4n) is 3.08. The minimum atomic E-state index is -4.36. The van der Waals surface area contributed by atoms with Crippen LogP contribution in [0.5, 0.6) is 0 Å². The lowest BCUT2D eigenvalue weighted by atomic mass is 9.83. The summed E-state index contributed by atoms with van der Waals surface area (Å²) in [6.45, 7) is 0.936. The van der Waals surface area contributed by atoms with Gasteiger partial charge in [-0.05, 0) is 18.1 Å². The largest absolute Gasteiger partial charge is 0.395 e. The molecule has 0 saturated heterocycles. The Hall–Kier alpha value is -2.03. The number of aromatic amines is 1. The predicted molar refractivity (Wildman–Crippen MR) is 80.1 cm³/mol. The quantitative estimate of drug-likeness (QED) is 0.818. The van der Waals surface area contributed by atoms with Gasteiger partial charge in [-0.25, -0.2) is 8.78 Å². The maximum absolute atomic E-state index is 13.3. The van der Waals surface area contributed by atoms with Gasteiger partial charge in [0, 0.05) is 55.1 Å². The summed E-state index contributed by atoms with van der Waals surface area (Å²) in [4.78, 5) is 3.78. The van der Waals surface area contributed by atoms with E-state index in [4.69, 9.17) is 0 Å². The second-order valence-corrected chi connectivity index (χ2v) is 6.39. The van der Waals surface area contributed by atoms with Gasteiger partial charge >= 0.3 is 6.18 Å². The highest BCUT2D eigenvalue weighted by Crippen LogP contribution is 2.42. The van der Waals surface area contributed by atoms with Gasteiger partial charge in [0.15, 0.2) is 0 Å². The van der Waals surface area contributed by atoms with Crippen LogP contribution >= 0.6 is 0 Å². The fraction of sp³-hybridized carbons (Fsp3) is 0.500. The molecule has 0 saturated carbocycles. The van der Waals surface area contributed by atoms with Crippen LogP contribution in [-0.4, -0.2) is 27.4 Å². The van der Waals surface area contributed by atoms with E-state index in [1.54, 1.807) is 0 Å². The average Bonchev–Trinajstić information content (AvgIpc) is 2.99. The first-order valence-electron chi connectivity index (χ1n) is 7.79. The van der Waals surface area contributed by atoms with Crippen LogP contribution < -0.4 is 5.32 Å². The van der Waals surface area contributed by atoms with E-state index in [0.717, 1.165) is 13.1 Å². The molecule has 0 spiro atoms. The second kappa shape index (κ2) is 6.36. The van der Waals surface area contributed by atoms with Crippen LogP contribution in [0.2, 0.25) is 0 Å². The molecule has 2 unspecified atom stereocenters. The van der Waals surface area contributed by atoms with Crippen LogP contribution in [-0.2, 0) is 18.9 Å². The summed E-state index contributed by atoms with van der Waals surface area (Å²) in [5.74, 6) is -4.60. The zero-order valence-electron chi connectivity index (χ0n) is 13.4. The van der Waals surface area contributed by atoms with E-state index in [0.29, 0.717) is 17.7 Å². The smallest absolute Gasteiger partial charge is 0.309 e. The van der Waals surface area contributed by atoms with Gasteiger partial charge in [-0.2, -0.15) is 18.3 Å². The number of halogens is 5. The first kappa shape index (κ1) is 17.8. The molecule has 4 nitrogen and oxygen atoms in total. The van der Waals surface area contributed by atoms with Crippen LogP contribution in [0.4, 0.5) is 22.0 Å². The van der Waals surface area contributed by atoms with E-state index in [-0.39, 0.29) is 24.1 Å². The normalized spacial score (nSPS) is 21.2. The minimum Gasteiger partial charge on any atom is -0.309 e. The van der Waals surface area contributed by atoms with Gasteiger partial charge in [-0.1, -0.05) is 0 Å². The summed E-state index contributed by atoms with van der Waals surface area (Å²) in [5.41, 5.74) is 0.912. The molecule has 0 aliphatic heterocycles. The van der Waals surface area contributed by atoms with Crippen molar-refractivity contribution in [1.29, 1.82) is 0 Å². The Morgan fingerprint density at radius 2 is 1.96 bits per heavy atom. The molecule has 0 aromatic carbocycles. The molecule has 2 heterocycles. The first-order chi connectivity index (χ1) is 11.6. The van der Waals surface area contributed by atoms with Crippen LogP contribution in [0, 0.1) is 0 Å². The highest BCUT2D eigenvalue weighted by Gasteiger charge is 2.45. The first-order valence-corrected chi connectivity index (χ1v) is 7.79. The number of H-pyrrole nitrogens is 1. The molecular weight excluding hydrogens is 343 g/mol. The van der Waals surface area contributed by atoms with Gasteiger partial charge in [0.25, 0.3) is 5.92 Å². The van der Waals surface area contributed by atoms with Crippen LogP contribution in [0.3, 0.4) is 0 Å². The number of rotatable bonds is 4. The van der Waals surface area contributed by atoms with E-state index < -0.39 is 24.1 Å². The van der Waals surface area contributed by atoms with Crippen molar-refractivity contribution in [3.8, 4) is 0 Å². The molecule has 1 aliphatic rings. The van der Waals surface area contributed by atoms with Crippen molar-refractivity contribution in [1.82, 2.24) is 20.5 Å². The molecule has 0 fully saturated rings. The lowest BCUT2D eigenvalue weighted by Crippen LogP contribution is -2.39. The van der Waals surface area contributed by atoms with Gasteiger partial charge in [-0.3, -0.25) is 10.1 Å². The monoisotopic (exact) mass is 360 g/mol. The van der Waals surface area contributed by atoms with Gasteiger partial charge in [0.1, 0.15) is 0 Å². The number of hydrogen-bond acceptors (Lipinski definition) is 3. The van der Waals surface area contributed by atoms with Crippen molar-refractivity contribution < 1.29 is 22.0 Å². The Labute approximate surface area is 140 Å². The van der Waals surface area contributed by atoms with E-state index in [1.807, 2.05) is 0 Å². The highest BCUT2D eigenvalue weighted by molar-refractivity contribution is 5.28. The van der Waals surface area contributed by atoms with E-state index in [9.17, 15) is 22.0 Å². The van der Waals surface area contributed by atoms with E-state index in [2.05, 4.69) is 20.5 Å². The van der Waals surface area contributed by atoms with Crippen molar-refractivity contribution in [2.75, 3.05) is 0 Å². The molecule has 9 heteroatoms. The molecular formula is C16H17F5N4. The van der Waals surface area contributed by atoms with E-state index in [1.165, 1.54) is 18.5 Å². The summed E-state index contributed by atoms with van der Waals surface area (Å²) >= 11 is 0. The average molecular weight is 360 g/mol. The zero-order chi connectivity index (χ0) is 18.2. The number of fused-ring (bicyclic) bond motifs is 1. The van der Waals surface area contributed by atoms with E-state index >= 15 is 0 Å². The molecule has 0 bridgehead atoms. The third-order valence-electron chi connectivity index (χ3n) is 4.39. The van der Waals surface area contributed by atoms with Crippen molar-refractivity contribution >= 4 is 0 Å². The zero-order valence-corrected chi connectivity index (χ0v) is 13.4. The standard InChI is InChI=1S/C16H17F5N4/c1-15(17,18)10-2-9(5-22-7-10)6-23-11-3-13(16(19,20)21)12-8-24-25-14(12)4-11/h2,5,7-8,11,13,23H,3-4,6H2,1H3,(H,24,25). The van der Waals surface area contributed by atoms with Gasteiger partial charge in [0.2, 0.25) is 0 Å². The lowest BCUT2D eigenvalue weighted by Gasteiger charge is -2.31. The summed E-state index contributed by atoms with van der Waals surface area (Å²) in [5, 5.41) is 9.34. The van der Waals surface area contributed by atoms with Gasteiger partial charge in [0.05, 0.1) is 12.1 Å². The van der Waals surface area contributed by atoms with Gasteiger partial charge in [-0.15, -0.1) is 0 Å². The Morgan fingerprint density at radius 1 is 1.20 bits per heavy atom. The number of nitrogens with one attached hydrogen (secondary N) is 2. The summed E-state index contributed by atoms with van der Waals surface area (Å²) < 4.78 is 66.5. The Kier molecular flexibility index (Phi) is 4.52. The summed E-state index contributed by atoms with van der Waals surface area (Å²) in [6, 6.07) is 0.872. The Morgan fingerprint density at radius 3 is 2.64 bits per heavy atom. The van der Waals surface area contributed by atoms with Crippen LogP contribution in [0.25, 0.3) is 0 Å². The van der Waals surface area contributed by atoms with Crippen LogP contribution in [0.15, 0.2) is 24.7 Å². The number of pyridine rings is 1. The molecule has 2 aromatic heterocycles. The number of alkyl halides is 5. The van der Waals surface area contributed by atoms with Gasteiger partial charge < -0.3 is 5.32 Å². The maximum atomic E-state index is 13.3. The molecule has 3 rings (SSSR count). The molecule has 0 amide bonds. The number of aromatic nitrogens is 3. The predicted octanol–water partition coefficient (Wildman–Crippen LogP) is 3.67. The summed E-state index contributed by atoms with van der Waals surface area (Å²) in [6.07, 6.45) is -0.369. The molecule has 1 aliphatic carbocycles.